The van der Waals surface area contributed by atoms with Gasteiger partial charge in [-0.2, -0.15) is 0 Å². The van der Waals surface area contributed by atoms with E-state index in [-0.39, 0.29) is 0 Å². The molecule has 11 nitrogen and oxygen atoms in total. The summed E-state index contributed by atoms with van der Waals surface area (Å²) in [5, 5.41) is 21.2. The van der Waals surface area contributed by atoms with Crippen LogP contribution in [0.3, 0.4) is 0 Å². The lowest BCUT2D eigenvalue weighted by Gasteiger charge is -2.16. The molecule has 4 rings (SSSR count). The van der Waals surface area contributed by atoms with E-state index in [9.17, 15) is 14.8 Å². The molecule has 164 valence electrons. The van der Waals surface area contributed by atoms with Crippen LogP contribution in [-0.2, 0) is 13.8 Å². The molecule has 1 saturated heterocycles. The zero-order chi connectivity index (χ0) is 22.2. The molecular weight excluding hydrogens is 451 g/mol. The molecule has 0 aliphatic carbocycles. The third-order valence-electron chi connectivity index (χ3n) is 4.69. The van der Waals surface area contributed by atoms with Crippen molar-refractivity contribution in [2.45, 2.75) is 24.5 Å². The van der Waals surface area contributed by atoms with Gasteiger partial charge in [0.2, 0.25) is 0 Å². The zero-order valence-electron chi connectivity index (χ0n) is 15.8. The van der Waals surface area contributed by atoms with E-state index in [4.69, 9.17) is 26.1 Å². The lowest BCUT2D eigenvalue weighted by atomic mass is 10.1. The lowest BCUT2D eigenvalue weighted by Crippen LogP contribution is -2.33. The van der Waals surface area contributed by atoms with Crippen molar-refractivity contribution >= 4 is 42.7 Å². The number of aliphatic hydroxyl groups is 2. The van der Waals surface area contributed by atoms with Gasteiger partial charge in [-0.15, -0.1) is 0 Å². The van der Waals surface area contributed by atoms with E-state index in [1.165, 1.54) is 17.2 Å². The SMILES string of the molecule is O=P(O)(O)OC[C@H]1O[C@@H](n2cnc3c(C=Cc4cccc(Cl)c4)ncnc32)[C@H](O)[C@H]1O. The molecule has 0 saturated carbocycles. The van der Waals surface area contributed by atoms with Crippen molar-refractivity contribution in [3.8, 4) is 0 Å². The summed E-state index contributed by atoms with van der Waals surface area (Å²) in [7, 11) is -4.75. The third kappa shape index (κ3) is 4.84. The van der Waals surface area contributed by atoms with E-state index in [1.807, 2.05) is 18.2 Å². The van der Waals surface area contributed by atoms with Crippen molar-refractivity contribution in [1.29, 1.82) is 0 Å². The predicted molar refractivity (Wildman–Crippen MR) is 110 cm³/mol. The average molecular weight is 469 g/mol. The Balaban J connectivity index is 1.60. The fraction of sp³-hybridized carbons (Fsp3) is 0.278. The summed E-state index contributed by atoms with van der Waals surface area (Å²) in [6, 6.07) is 7.26. The Morgan fingerprint density at radius 1 is 1.19 bits per heavy atom. The van der Waals surface area contributed by atoms with E-state index in [2.05, 4.69) is 19.5 Å². The Hall–Kier alpha value is -2.21. The molecule has 0 bridgehead atoms. The van der Waals surface area contributed by atoms with Crippen molar-refractivity contribution in [3.63, 3.8) is 0 Å². The number of hydrogen-bond acceptors (Lipinski definition) is 8. The quantitative estimate of drug-likeness (QED) is 0.389. The standard InChI is InChI=1S/C18H18ClN4O7P/c19-11-3-1-2-10(6-11)4-5-12-14-17(21-8-20-12)23(9-22-14)18-16(25)15(24)13(30-18)7-29-31(26,27)28/h1-6,8-9,13,15-16,18,24-25H,7H2,(H2,26,27,28)/t13-,15+,16-,18-/m1/s1. The van der Waals surface area contributed by atoms with Crippen LogP contribution in [0.5, 0.6) is 0 Å². The van der Waals surface area contributed by atoms with Gasteiger partial charge in [-0.3, -0.25) is 9.09 Å². The number of aromatic nitrogens is 4. The molecule has 1 aromatic carbocycles. The molecule has 1 aliphatic rings. The number of ether oxygens (including phenoxy) is 1. The summed E-state index contributed by atoms with van der Waals surface area (Å²) in [5.74, 6) is 0. The average Bonchev–Trinajstić information content (AvgIpc) is 3.26. The van der Waals surface area contributed by atoms with Crippen LogP contribution in [0.15, 0.2) is 36.9 Å². The van der Waals surface area contributed by atoms with Crippen molar-refractivity contribution < 1.29 is 33.8 Å². The summed E-state index contributed by atoms with van der Waals surface area (Å²) >= 11 is 6.00. The number of rotatable bonds is 6. The highest BCUT2D eigenvalue weighted by atomic mass is 35.5. The van der Waals surface area contributed by atoms with Gasteiger partial charge in [0.1, 0.15) is 30.2 Å². The van der Waals surface area contributed by atoms with Crippen LogP contribution in [0.2, 0.25) is 5.02 Å². The molecule has 0 spiro atoms. The molecule has 13 heteroatoms. The molecule has 3 heterocycles. The van der Waals surface area contributed by atoms with E-state index >= 15 is 0 Å². The first-order chi connectivity index (χ1) is 14.7. The van der Waals surface area contributed by atoms with Gasteiger partial charge in [-0.25, -0.2) is 19.5 Å². The molecule has 0 amide bonds. The molecule has 0 radical (unpaired) electrons. The smallest absolute Gasteiger partial charge is 0.387 e. The van der Waals surface area contributed by atoms with Crippen LogP contribution in [0.4, 0.5) is 0 Å². The van der Waals surface area contributed by atoms with Crippen LogP contribution < -0.4 is 0 Å². The van der Waals surface area contributed by atoms with E-state index < -0.39 is 39.0 Å². The Morgan fingerprint density at radius 3 is 2.74 bits per heavy atom. The van der Waals surface area contributed by atoms with Crippen LogP contribution >= 0.6 is 19.4 Å². The van der Waals surface area contributed by atoms with Gasteiger partial charge in [-0.1, -0.05) is 29.8 Å². The van der Waals surface area contributed by atoms with Gasteiger partial charge in [-0.05, 0) is 23.8 Å². The number of imidazole rings is 1. The minimum Gasteiger partial charge on any atom is -0.387 e. The second kappa shape index (κ2) is 8.73. The Bertz CT molecular complexity index is 1170. The van der Waals surface area contributed by atoms with Gasteiger partial charge < -0.3 is 24.7 Å². The third-order valence-corrected chi connectivity index (χ3v) is 5.41. The zero-order valence-corrected chi connectivity index (χ0v) is 17.4. The molecule has 3 aromatic rings. The highest BCUT2D eigenvalue weighted by Crippen LogP contribution is 2.38. The van der Waals surface area contributed by atoms with Gasteiger partial charge in [0, 0.05) is 5.02 Å². The Morgan fingerprint density at radius 2 is 2.00 bits per heavy atom. The van der Waals surface area contributed by atoms with E-state index in [0.717, 1.165) is 5.56 Å². The van der Waals surface area contributed by atoms with Gasteiger partial charge in [0.15, 0.2) is 11.9 Å². The minimum atomic E-state index is -4.75. The Labute approximate surface area is 180 Å². The second-order valence-corrected chi connectivity index (χ2v) is 8.48. The number of nitrogens with zero attached hydrogens (tertiary/aromatic N) is 4. The number of phosphoric ester groups is 1. The van der Waals surface area contributed by atoms with Gasteiger partial charge >= 0.3 is 7.82 Å². The number of hydrogen-bond donors (Lipinski definition) is 4. The monoisotopic (exact) mass is 468 g/mol. The van der Waals surface area contributed by atoms with Crippen LogP contribution in [0.1, 0.15) is 17.5 Å². The molecule has 31 heavy (non-hydrogen) atoms. The van der Waals surface area contributed by atoms with Crippen LogP contribution in [0, 0.1) is 0 Å². The Kier molecular flexibility index (Phi) is 6.20. The topological polar surface area (TPSA) is 160 Å². The summed E-state index contributed by atoms with van der Waals surface area (Å²) < 4.78 is 22.3. The molecule has 1 aliphatic heterocycles. The molecule has 0 unspecified atom stereocenters. The number of phosphoric acid groups is 1. The highest BCUT2D eigenvalue weighted by Gasteiger charge is 2.45. The van der Waals surface area contributed by atoms with E-state index in [0.29, 0.717) is 21.9 Å². The maximum atomic E-state index is 10.9. The number of halogens is 1. The normalized spacial score (nSPS) is 24.4. The molecule has 4 atom stereocenters. The lowest BCUT2D eigenvalue weighted by molar-refractivity contribution is -0.0504. The number of aliphatic hydroxyl groups excluding tert-OH is 2. The van der Waals surface area contributed by atoms with Crippen LogP contribution in [0.25, 0.3) is 23.3 Å². The number of benzene rings is 1. The first-order valence-electron chi connectivity index (χ1n) is 9.06. The van der Waals surface area contributed by atoms with Crippen molar-refractivity contribution in [2.24, 2.45) is 0 Å². The summed E-state index contributed by atoms with van der Waals surface area (Å²) in [4.78, 5) is 30.4. The summed E-state index contributed by atoms with van der Waals surface area (Å²) in [6.45, 7) is -0.603. The first kappa shape index (κ1) is 22.0. The maximum absolute atomic E-state index is 10.9. The molecular formula is C18H18ClN4O7P. The van der Waals surface area contributed by atoms with Crippen molar-refractivity contribution in [3.05, 3.63) is 53.2 Å². The predicted octanol–water partition coefficient (Wildman–Crippen LogP) is 1.38. The number of fused-ring (bicyclic) bond motifs is 1. The van der Waals surface area contributed by atoms with Crippen LogP contribution in [-0.4, -0.2) is 64.4 Å². The first-order valence-corrected chi connectivity index (χ1v) is 11.0. The fourth-order valence-corrected chi connectivity index (χ4v) is 3.77. The molecule has 4 N–H and O–H groups in total. The largest absolute Gasteiger partial charge is 0.469 e. The molecule has 2 aromatic heterocycles. The summed E-state index contributed by atoms with van der Waals surface area (Å²) in [6.07, 6.45) is 1.17. The van der Waals surface area contributed by atoms with Gasteiger partial charge in [0.25, 0.3) is 0 Å². The van der Waals surface area contributed by atoms with Crippen molar-refractivity contribution in [2.75, 3.05) is 6.61 Å². The maximum Gasteiger partial charge on any atom is 0.469 e. The second-order valence-electron chi connectivity index (χ2n) is 6.80. The fourth-order valence-electron chi connectivity index (χ4n) is 3.23. The highest BCUT2D eigenvalue weighted by molar-refractivity contribution is 7.46. The summed E-state index contributed by atoms with van der Waals surface area (Å²) in [5.41, 5.74) is 2.15. The minimum absolute atomic E-state index is 0.341. The van der Waals surface area contributed by atoms with E-state index in [1.54, 1.807) is 18.2 Å². The van der Waals surface area contributed by atoms with Gasteiger partial charge in [0.05, 0.1) is 18.6 Å². The van der Waals surface area contributed by atoms with Crippen molar-refractivity contribution in [1.82, 2.24) is 19.5 Å². The molecule has 1 fully saturated rings.